The zero-order valence-electron chi connectivity index (χ0n) is 20.9. The number of esters is 1. The van der Waals surface area contributed by atoms with Gasteiger partial charge in [-0.05, 0) is 51.3 Å². The average molecular weight is 496 g/mol. The highest BCUT2D eigenvalue weighted by Gasteiger charge is 2.32. The van der Waals surface area contributed by atoms with E-state index >= 15 is 0 Å². The minimum atomic E-state index is -0.225. The molecule has 0 saturated heterocycles. The summed E-state index contributed by atoms with van der Waals surface area (Å²) in [4.78, 5) is 15.3. The molecule has 180 valence electrons. The molecule has 0 aliphatic carbocycles. The van der Waals surface area contributed by atoms with Crippen LogP contribution in [0.4, 0.5) is 5.69 Å². The minimum Gasteiger partial charge on any atom is -0.463 e. The van der Waals surface area contributed by atoms with E-state index in [4.69, 9.17) is 4.74 Å². The second-order valence-corrected chi connectivity index (χ2v) is 11.8. The van der Waals surface area contributed by atoms with Crippen molar-refractivity contribution < 1.29 is 14.1 Å². The van der Waals surface area contributed by atoms with Crippen molar-refractivity contribution in [2.75, 3.05) is 4.90 Å². The Morgan fingerprint density at radius 2 is 1.74 bits per heavy atom. The fraction of sp³-hybridized carbons (Fsp3) is 0.429. The number of para-hydroxylation sites is 2. The number of ether oxygens (including phenoxy) is 1. The van der Waals surface area contributed by atoms with Gasteiger partial charge in [0, 0.05) is 30.3 Å². The van der Waals surface area contributed by atoms with Crippen molar-refractivity contribution in [3.63, 3.8) is 0 Å². The summed E-state index contributed by atoms with van der Waals surface area (Å²) in [5.41, 5.74) is 2.53. The fourth-order valence-electron chi connectivity index (χ4n) is 4.96. The van der Waals surface area contributed by atoms with Gasteiger partial charge < -0.3 is 9.64 Å². The molecular formula is C28H35N2O2S2+. The largest absolute Gasteiger partial charge is 0.463 e. The fourth-order valence-corrected chi connectivity index (χ4v) is 7.42. The van der Waals surface area contributed by atoms with E-state index in [1.165, 1.54) is 37.8 Å². The van der Waals surface area contributed by atoms with Crippen LogP contribution in [0.1, 0.15) is 65.4 Å². The molecule has 1 aliphatic heterocycles. The van der Waals surface area contributed by atoms with Crippen LogP contribution in [-0.4, -0.2) is 18.1 Å². The second-order valence-electron chi connectivity index (χ2n) is 9.68. The predicted molar refractivity (Wildman–Crippen MR) is 144 cm³/mol. The van der Waals surface area contributed by atoms with Crippen LogP contribution in [0, 0.1) is 5.92 Å². The lowest BCUT2D eigenvalue weighted by molar-refractivity contribution is -0.694. The first kappa shape index (κ1) is 24.8. The van der Waals surface area contributed by atoms with Gasteiger partial charge in [-0.3, -0.25) is 4.79 Å². The lowest BCUT2D eigenvalue weighted by Crippen LogP contribution is -2.41. The van der Waals surface area contributed by atoms with Gasteiger partial charge in [-0.15, -0.1) is 0 Å². The van der Waals surface area contributed by atoms with Gasteiger partial charge in [0.05, 0.1) is 16.8 Å². The Bertz CT molecular complexity index is 1200. The molecule has 3 aromatic rings. The maximum atomic E-state index is 11.5. The summed E-state index contributed by atoms with van der Waals surface area (Å²) in [6, 6.07) is 17.9. The van der Waals surface area contributed by atoms with E-state index in [0.29, 0.717) is 12.0 Å². The molecule has 4 nitrogen and oxygen atoms in total. The van der Waals surface area contributed by atoms with Crippen molar-refractivity contribution in [2.45, 2.75) is 77.5 Å². The van der Waals surface area contributed by atoms with Crippen LogP contribution >= 0.6 is 23.1 Å². The smallest absolute Gasteiger partial charge is 0.302 e. The van der Waals surface area contributed by atoms with E-state index in [1.54, 1.807) is 0 Å². The molecule has 34 heavy (non-hydrogen) atoms. The molecule has 0 radical (unpaired) electrons. The van der Waals surface area contributed by atoms with E-state index in [-0.39, 0.29) is 18.1 Å². The number of thiazole rings is 1. The summed E-state index contributed by atoms with van der Waals surface area (Å²) in [6.07, 6.45) is 4.13. The first-order chi connectivity index (χ1) is 16.2. The normalized spacial score (nSPS) is 17.3. The van der Waals surface area contributed by atoms with Gasteiger partial charge >= 0.3 is 5.97 Å². The second kappa shape index (κ2) is 10.5. The first-order valence-electron chi connectivity index (χ1n) is 12.1. The van der Waals surface area contributed by atoms with Gasteiger partial charge in [0.2, 0.25) is 5.52 Å². The molecule has 0 saturated carbocycles. The first-order valence-corrected chi connectivity index (χ1v) is 13.8. The maximum absolute atomic E-state index is 11.5. The topological polar surface area (TPSA) is 33.4 Å². The summed E-state index contributed by atoms with van der Waals surface area (Å²) >= 11 is 3.68. The van der Waals surface area contributed by atoms with E-state index < -0.39 is 0 Å². The van der Waals surface area contributed by atoms with Crippen molar-refractivity contribution in [3.05, 3.63) is 58.6 Å². The molecule has 2 heterocycles. The molecular weight excluding hydrogens is 460 g/mol. The molecule has 0 spiro atoms. The van der Waals surface area contributed by atoms with Crippen LogP contribution in [0.15, 0.2) is 58.5 Å². The van der Waals surface area contributed by atoms with Gasteiger partial charge in [0.1, 0.15) is 10.8 Å². The van der Waals surface area contributed by atoms with Crippen LogP contribution in [0.5, 0.6) is 0 Å². The van der Waals surface area contributed by atoms with Crippen LogP contribution in [0.3, 0.4) is 0 Å². The van der Waals surface area contributed by atoms with Gasteiger partial charge in [-0.1, -0.05) is 61.2 Å². The van der Waals surface area contributed by atoms with E-state index in [1.807, 2.05) is 30.0 Å². The molecule has 3 unspecified atom stereocenters. The third-order valence-corrected chi connectivity index (χ3v) is 8.31. The minimum absolute atomic E-state index is 0.133. The molecule has 0 bridgehead atoms. The summed E-state index contributed by atoms with van der Waals surface area (Å²) in [6.45, 7) is 12.6. The highest BCUT2D eigenvalue weighted by Crippen LogP contribution is 2.48. The molecule has 1 aromatic heterocycles. The molecule has 0 amide bonds. The number of aromatic nitrogens is 1. The Morgan fingerprint density at radius 1 is 1.03 bits per heavy atom. The third-order valence-electron chi connectivity index (χ3n) is 6.13. The Balaban J connectivity index is 1.76. The number of carbonyl (C=O) groups excluding carboxylic acids is 1. The molecule has 4 rings (SSSR count). The number of benzene rings is 2. The standard InChI is InChI=1S/C28H35N2O2S2/c1-18(2)15-19(3)29-23-11-7-9-13-25(23)33-27(29)17-28-30(20(4)16-21(5)32-22(6)31)24-12-8-10-14-26(24)34-28/h7-14,17-21H,15-16H2,1-6H3/q+1. The van der Waals surface area contributed by atoms with Gasteiger partial charge in [0.15, 0.2) is 6.04 Å². The number of fused-ring (bicyclic) bond motifs is 2. The summed E-state index contributed by atoms with van der Waals surface area (Å²) in [7, 11) is 0. The molecule has 0 N–H and O–H groups in total. The van der Waals surface area contributed by atoms with Crippen molar-refractivity contribution in [2.24, 2.45) is 5.92 Å². The maximum Gasteiger partial charge on any atom is 0.302 e. The van der Waals surface area contributed by atoms with E-state index in [2.05, 4.69) is 91.8 Å². The lowest BCUT2D eigenvalue weighted by Gasteiger charge is -2.29. The number of thioether (sulfide) groups is 1. The number of hydrogen-bond acceptors (Lipinski definition) is 5. The summed E-state index contributed by atoms with van der Waals surface area (Å²) in [5.74, 6) is 0.406. The highest BCUT2D eigenvalue weighted by molar-refractivity contribution is 8.03. The van der Waals surface area contributed by atoms with Gasteiger partial charge in [-0.25, -0.2) is 0 Å². The lowest BCUT2D eigenvalue weighted by atomic mass is 10.0. The van der Waals surface area contributed by atoms with E-state index in [9.17, 15) is 4.79 Å². The molecule has 1 aliphatic rings. The van der Waals surface area contributed by atoms with Crippen LogP contribution < -0.4 is 9.47 Å². The number of rotatable bonds is 8. The van der Waals surface area contributed by atoms with Crippen LogP contribution in [0.25, 0.3) is 16.3 Å². The quantitative estimate of drug-likeness (QED) is 0.240. The molecule has 6 heteroatoms. The Labute approximate surface area is 211 Å². The zero-order valence-corrected chi connectivity index (χ0v) is 22.6. The number of nitrogens with zero attached hydrogens (tertiary/aromatic N) is 2. The van der Waals surface area contributed by atoms with Gasteiger partial charge in [0.25, 0.3) is 5.01 Å². The van der Waals surface area contributed by atoms with Crippen LogP contribution in [0.2, 0.25) is 0 Å². The van der Waals surface area contributed by atoms with Crippen molar-refractivity contribution in [3.8, 4) is 0 Å². The average Bonchev–Trinajstić information content (AvgIpc) is 3.30. The summed E-state index contributed by atoms with van der Waals surface area (Å²) in [5, 5.41) is 2.50. The number of anilines is 1. The monoisotopic (exact) mass is 495 g/mol. The highest BCUT2D eigenvalue weighted by atomic mass is 32.2. The Morgan fingerprint density at radius 3 is 2.47 bits per heavy atom. The Hall–Kier alpha value is -2.31. The summed E-state index contributed by atoms with van der Waals surface area (Å²) < 4.78 is 9.14. The van der Waals surface area contributed by atoms with E-state index in [0.717, 1.165) is 12.8 Å². The predicted octanol–water partition coefficient (Wildman–Crippen LogP) is 7.44. The van der Waals surface area contributed by atoms with Crippen molar-refractivity contribution >= 4 is 51.0 Å². The van der Waals surface area contributed by atoms with Crippen LogP contribution in [-0.2, 0) is 9.53 Å². The van der Waals surface area contributed by atoms with Crippen molar-refractivity contribution in [1.82, 2.24) is 0 Å². The van der Waals surface area contributed by atoms with Gasteiger partial charge in [-0.2, -0.15) is 4.57 Å². The zero-order chi connectivity index (χ0) is 24.4. The molecule has 3 atom stereocenters. The Kier molecular flexibility index (Phi) is 7.68. The number of hydrogen-bond donors (Lipinski definition) is 0. The molecule has 0 fully saturated rings. The SMILES string of the molecule is CC(=O)OC(C)CC(C)[n+]1c(C=C2Sc3ccccc3N2C(C)CC(C)C)sc2ccccc21. The number of carbonyl (C=O) groups is 1. The third kappa shape index (κ3) is 5.33. The molecule has 2 aromatic carbocycles. The van der Waals surface area contributed by atoms with Crippen molar-refractivity contribution in [1.29, 1.82) is 0 Å².